The molecule has 0 radical (unpaired) electrons. The summed E-state index contributed by atoms with van der Waals surface area (Å²) in [6, 6.07) is 21.9. The number of nitrogens with zero attached hydrogens (tertiary/aromatic N) is 3. The third-order valence-corrected chi connectivity index (χ3v) is 4.72. The van der Waals surface area contributed by atoms with Gasteiger partial charge in [-0.2, -0.15) is 5.10 Å². The summed E-state index contributed by atoms with van der Waals surface area (Å²) in [6.45, 7) is 4.10. The lowest BCUT2D eigenvalue weighted by Crippen LogP contribution is -2.26. The molecule has 0 saturated carbocycles. The third kappa shape index (κ3) is 4.28. The molecule has 2 heterocycles. The second-order valence-electron chi connectivity index (χ2n) is 6.75. The summed E-state index contributed by atoms with van der Waals surface area (Å²) in [5.41, 5.74) is 3.87. The molecule has 1 N–H and O–H groups in total. The lowest BCUT2D eigenvalue weighted by Gasteiger charge is -2.18. The number of likely N-dealkylation sites (tertiary alicyclic amines) is 1. The van der Waals surface area contributed by atoms with Crippen LogP contribution in [-0.2, 0) is 13.1 Å². The Bertz CT molecular complexity index is 783. The smallest absolute Gasteiger partial charge is 0.0660 e. The van der Waals surface area contributed by atoms with Gasteiger partial charge in [0.1, 0.15) is 0 Å². The van der Waals surface area contributed by atoms with E-state index in [0.717, 1.165) is 26.2 Å². The Kier molecular flexibility index (Phi) is 4.79. The second-order valence-corrected chi connectivity index (χ2v) is 6.75. The first kappa shape index (κ1) is 15.9. The molecule has 3 aromatic rings. The molecule has 4 rings (SSSR count). The zero-order valence-corrected chi connectivity index (χ0v) is 14.4. The van der Waals surface area contributed by atoms with Crippen molar-refractivity contribution in [2.75, 3.05) is 18.4 Å². The fourth-order valence-corrected chi connectivity index (χ4v) is 3.51. The predicted octanol–water partition coefficient (Wildman–Crippen LogP) is 3.62. The van der Waals surface area contributed by atoms with Gasteiger partial charge >= 0.3 is 0 Å². The van der Waals surface area contributed by atoms with Crippen LogP contribution in [0.4, 0.5) is 5.69 Å². The molecule has 1 atom stereocenters. The molecule has 128 valence electrons. The van der Waals surface area contributed by atoms with Gasteiger partial charge in [-0.25, -0.2) is 0 Å². The van der Waals surface area contributed by atoms with Crippen LogP contribution in [0.3, 0.4) is 0 Å². The number of hydrogen-bond donors (Lipinski definition) is 1. The molecule has 2 aromatic carbocycles. The van der Waals surface area contributed by atoms with E-state index in [-0.39, 0.29) is 0 Å². The predicted molar refractivity (Wildman–Crippen MR) is 102 cm³/mol. The van der Waals surface area contributed by atoms with E-state index in [4.69, 9.17) is 0 Å². The van der Waals surface area contributed by atoms with Crippen LogP contribution in [0.5, 0.6) is 0 Å². The summed E-state index contributed by atoms with van der Waals surface area (Å²) in [4.78, 5) is 2.53. The highest BCUT2D eigenvalue weighted by Crippen LogP contribution is 2.19. The maximum Gasteiger partial charge on any atom is 0.0660 e. The molecular weight excluding hydrogens is 308 g/mol. The van der Waals surface area contributed by atoms with Crippen LogP contribution in [0.25, 0.3) is 0 Å². The summed E-state index contributed by atoms with van der Waals surface area (Å²) in [5.74, 6) is 0. The van der Waals surface area contributed by atoms with E-state index < -0.39 is 0 Å². The molecule has 0 aliphatic carbocycles. The maximum absolute atomic E-state index is 4.28. The van der Waals surface area contributed by atoms with Gasteiger partial charge in [0.2, 0.25) is 0 Å². The number of rotatable bonds is 6. The van der Waals surface area contributed by atoms with Crippen LogP contribution in [0.15, 0.2) is 73.1 Å². The summed E-state index contributed by atoms with van der Waals surface area (Å²) in [7, 11) is 0. The Morgan fingerprint density at radius 1 is 0.960 bits per heavy atom. The maximum atomic E-state index is 4.28. The first-order valence-electron chi connectivity index (χ1n) is 8.94. The van der Waals surface area contributed by atoms with Crippen LogP contribution in [-0.4, -0.2) is 33.8 Å². The summed E-state index contributed by atoms with van der Waals surface area (Å²) in [5, 5.41) is 7.99. The average molecular weight is 332 g/mol. The molecule has 25 heavy (non-hydrogen) atoms. The first-order chi connectivity index (χ1) is 12.3. The fraction of sp³-hybridized carbons (Fsp3) is 0.286. The molecule has 1 fully saturated rings. The van der Waals surface area contributed by atoms with Crippen molar-refractivity contribution in [1.29, 1.82) is 0 Å². The highest BCUT2D eigenvalue weighted by Gasteiger charge is 2.22. The molecule has 1 aliphatic rings. The lowest BCUT2D eigenvalue weighted by atomic mass is 10.1. The van der Waals surface area contributed by atoms with E-state index in [9.17, 15) is 0 Å². The first-order valence-corrected chi connectivity index (χ1v) is 8.94. The van der Waals surface area contributed by atoms with Crippen LogP contribution >= 0.6 is 0 Å². The van der Waals surface area contributed by atoms with Crippen molar-refractivity contribution in [2.24, 2.45) is 0 Å². The normalized spacial score (nSPS) is 17.7. The van der Waals surface area contributed by atoms with Crippen molar-refractivity contribution in [3.8, 4) is 0 Å². The minimum atomic E-state index is 0.517. The molecule has 4 nitrogen and oxygen atoms in total. The monoisotopic (exact) mass is 332 g/mol. The Morgan fingerprint density at radius 2 is 1.84 bits per heavy atom. The van der Waals surface area contributed by atoms with Gasteiger partial charge in [-0.1, -0.05) is 42.5 Å². The topological polar surface area (TPSA) is 33.1 Å². The average Bonchev–Trinajstić information content (AvgIpc) is 3.29. The van der Waals surface area contributed by atoms with Crippen molar-refractivity contribution < 1.29 is 0 Å². The van der Waals surface area contributed by atoms with E-state index in [0.29, 0.717) is 6.04 Å². The van der Waals surface area contributed by atoms with Gasteiger partial charge in [-0.05, 0) is 35.7 Å². The van der Waals surface area contributed by atoms with Gasteiger partial charge in [-0.3, -0.25) is 9.58 Å². The SMILES string of the molecule is c1ccc(CN2CCC(Nc3cccc(Cn4cccn4)c3)C2)cc1. The second kappa shape index (κ2) is 7.53. The summed E-state index contributed by atoms with van der Waals surface area (Å²) >= 11 is 0. The van der Waals surface area contributed by atoms with Crippen LogP contribution in [0.1, 0.15) is 17.5 Å². The van der Waals surface area contributed by atoms with E-state index in [2.05, 4.69) is 69.9 Å². The van der Waals surface area contributed by atoms with Gasteiger partial charge in [-0.15, -0.1) is 0 Å². The van der Waals surface area contributed by atoms with Crippen LogP contribution < -0.4 is 5.32 Å². The molecular formula is C21H24N4. The number of benzene rings is 2. The van der Waals surface area contributed by atoms with E-state index >= 15 is 0 Å². The Labute approximate surface area is 149 Å². The molecule has 0 amide bonds. The minimum absolute atomic E-state index is 0.517. The Morgan fingerprint density at radius 3 is 2.68 bits per heavy atom. The van der Waals surface area contributed by atoms with Crippen molar-refractivity contribution in [1.82, 2.24) is 14.7 Å². The lowest BCUT2D eigenvalue weighted by molar-refractivity contribution is 0.328. The molecule has 1 unspecified atom stereocenters. The summed E-state index contributed by atoms with van der Waals surface area (Å²) in [6.07, 6.45) is 5.01. The number of hydrogen-bond acceptors (Lipinski definition) is 3. The van der Waals surface area contributed by atoms with Crippen LogP contribution in [0.2, 0.25) is 0 Å². The van der Waals surface area contributed by atoms with E-state index in [1.165, 1.54) is 23.2 Å². The number of nitrogens with one attached hydrogen (secondary N) is 1. The van der Waals surface area contributed by atoms with Crippen LogP contribution in [0, 0.1) is 0 Å². The largest absolute Gasteiger partial charge is 0.381 e. The number of anilines is 1. The van der Waals surface area contributed by atoms with Crippen molar-refractivity contribution in [3.05, 3.63) is 84.2 Å². The number of aromatic nitrogens is 2. The van der Waals surface area contributed by atoms with E-state index in [1.54, 1.807) is 0 Å². The minimum Gasteiger partial charge on any atom is -0.381 e. The zero-order chi connectivity index (χ0) is 16.9. The molecule has 4 heteroatoms. The fourth-order valence-electron chi connectivity index (χ4n) is 3.51. The Hall–Kier alpha value is -2.59. The molecule has 0 bridgehead atoms. The molecule has 1 aromatic heterocycles. The zero-order valence-electron chi connectivity index (χ0n) is 14.4. The molecule has 1 aliphatic heterocycles. The molecule has 0 spiro atoms. The van der Waals surface area contributed by atoms with Gasteiger partial charge in [0.05, 0.1) is 6.54 Å². The van der Waals surface area contributed by atoms with Gasteiger partial charge in [0.25, 0.3) is 0 Å². The highest BCUT2D eigenvalue weighted by atomic mass is 15.3. The Balaban J connectivity index is 1.33. The van der Waals surface area contributed by atoms with Crippen molar-refractivity contribution in [2.45, 2.75) is 25.6 Å². The quantitative estimate of drug-likeness (QED) is 0.748. The van der Waals surface area contributed by atoms with Gasteiger partial charge in [0.15, 0.2) is 0 Å². The van der Waals surface area contributed by atoms with E-state index in [1.807, 2.05) is 23.1 Å². The van der Waals surface area contributed by atoms with Gasteiger partial charge in [0, 0.05) is 43.8 Å². The summed E-state index contributed by atoms with van der Waals surface area (Å²) < 4.78 is 1.95. The van der Waals surface area contributed by atoms with Crippen molar-refractivity contribution >= 4 is 5.69 Å². The molecule has 1 saturated heterocycles. The standard InChI is InChI=1S/C21H24N4/c1-2-6-18(7-3-1)15-24-13-10-21(17-24)23-20-9-4-8-19(14-20)16-25-12-5-11-22-25/h1-9,11-12,14,21,23H,10,13,15-17H2. The third-order valence-electron chi connectivity index (χ3n) is 4.72. The van der Waals surface area contributed by atoms with Gasteiger partial charge < -0.3 is 5.32 Å². The highest BCUT2D eigenvalue weighted by molar-refractivity contribution is 5.47. The van der Waals surface area contributed by atoms with Crippen molar-refractivity contribution in [3.63, 3.8) is 0 Å².